The molecular formula is C31H27IrN2O4S-. The van der Waals surface area contributed by atoms with E-state index < -0.39 is 0 Å². The first-order valence-electron chi connectivity index (χ1n) is 12.5. The average molecular weight is 716 g/mol. The van der Waals surface area contributed by atoms with Crippen LogP contribution in [-0.4, -0.2) is 20.8 Å². The summed E-state index contributed by atoms with van der Waals surface area (Å²) in [7, 11) is 0. The molecule has 2 heterocycles. The molecule has 39 heavy (non-hydrogen) atoms. The molecule has 3 aromatic carbocycles. The molecule has 0 fully saturated rings. The van der Waals surface area contributed by atoms with Crippen LogP contribution >= 0.6 is 11.3 Å². The van der Waals surface area contributed by atoms with Crippen LogP contribution in [0.1, 0.15) is 43.4 Å². The third-order valence-corrected chi connectivity index (χ3v) is 7.92. The number of nitro benzene ring substituents is 1. The van der Waals surface area contributed by atoms with Gasteiger partial charge in [-0.25, -0.2) is 0 Å². The largest absolute Gasteiger partial charge is 0.512 e. The number of carbonyl (C=O) groups is 1. The van der Waals surface area contributed by atoms with E-state index in [1.54, 1.807) is 6.07 Å². The molecule has 8 heteroatoms. The first kappa shape index (κ1) is 28.6. The molecule has 1 N–H and O–H groups in total. The van der Waals surface area contributed by atoms with E-state index in [1.807, 2.05) is 30.5 Å². The number of fused-ring (bicyclic) bond motifs is 5. The molecule has 5 aromatic rings. The second kappa shape index (κ2) is 11.7. The standard InChI is InChI=1S/C26H19N2O2S.C5H8O2.Ir/c1-15-10-19(28(29)30)6-7-20(15)26-21-14-23-22-11-16-4-2-3-5-17(16)12-24(22)31-25(23)13-18(21)8-9-27-26;1-4(6)3-5(2)7;/h6,8-14H,2-5H2,1H3;3,6H,1-2H3;/q-1;;/b;4-3-;. The van der Waals surface area contributed by atoms with Gasteiger partial charge < -0.3 is 10.1 Å². The van der Waals surface area contributed by atoms with Crippen LogP contribution in [0.25, 0.3) is 42.2 Å². The van der Waals surface area contributed by atoms with Crippen molar-refractivity contribution in [1.29, 1.82) is 0 Å². The Labute approximate surface area is 243 Å². The Morgan fingerprint density at radius 1 is 1.05 bits per heavy atom. The molecule has 201 valence electrons. The summed E-state index contributed by atoms with van der Waals surface area (Å²) in [6, 6.07) is 17.5. The number of aryl methyl sites for hydroxylation is 3. The van der Waals surface area contributed by atoms with E-state index in [-0.39, 0.29) is 42.3 Å². The molecule has 0 saturated heterocycles. The average Bonchev–Trinajstić information content (AvgIpc) is 3.21. The molecule has 2 aromatic heterocycles. The van der Waals surface area contributed by atoms with Crippen molar-refractivity contribution in [3.8, 4) is 11.3 Å². The van der Waals surface area contributed by atoms with E-state index in [0.717, 1.165) is 27.6 Å². The van der Waals surface area contributed by atoms with E-state index in [2.05, 4.69) is 35.3 Å². The molecule has 1 aliphatic rings. The second-order valence-electron chi connectivity index (χ2n) is 9.72. The number of allylic oxidation sites excluding steroid dienone is 2. The quantitative estimate of drug-likeness (QED) is 0.0669. The molecule has 0 unspecified atom stereocenters. The van der Waals surface area contributed by atoms with Crippen molar-refractivity contribution in [3.63, 3.8) is 0 Å². The van der Waals surface area contributed by atoms with Gasteiger partial charge in [-0.3, -0.25) is 14.9 Å². The van der Waals surface area contributed by atoms with E-state index in [1.165, 1.54) is 83.0 Å². The summed E-state index contributed by atoms with van der Waals surface area (Å²) in [6.07, 6.45) is 7.88. The third kappa shape index (κ3) is 5.93. The number of nitro groups is 1. The van der Waals surface area contributed by atoms with Crippen molar-refractivity contribution in [2.45, 2.75) is 46.5 Å². The molecule has 6 nitrogen and oxygen atoms in total. The normalized spacial score (nSPS) is 12.9. The maximum absolute atomic E-state index is 11.1. The number of aliphatic hydroxyl groups is 1. The predicted octanol–water partition coefficient (Wildman–Crippen LogP) is 8.20. The zero-order chi connectivity index (χ0) is 27.0. The number of thiophene rings is 1. The van der Waals surface area contributed by atoms with Gasteiger partial charge in [-0.2, -0.15) is 0 Å². The molecule has 0 amide bonds. The van der Waals surface area contributed by atoms with Gasteiger partial charge in [0.1, 0.15) is 0 Å². The number of hydrogen-bond acceptors (Lipinski definition) is 6. The van der Waals surface area contributed by atoms with Crippen LogP contribution < -0.4 is 0 Å². The number of aromatic nitrogens is 1. The van der Waals surface area contributed by atoms with Crippen molar-refractivity contribution in [2.24, 2.45) is 0 Å². The van der Waals surface area contributed by atoms with E-state index >= 15 is 0 Å². The smallest absolute Gasteiger partial charge is 0.190 e. The molecule has 1 aliphatic carbocycles. The zero-order valence-corrected chi connectivity index (χ0v) is 25.0. The minimum Gasteiger partial charge on any atom is -0.512 e. The summed E-state index contributed by atoms with van der Waals surface area (Å²) in [5.74, 6) is -0.0625. The Kier molecular flexibility index (Phi) is 8.60. The van der Waals surface area contributed by atoms with Crippen molar-refractivity contribution in [3.05, 3.63) is 93.4 Å². The van der Waals surface area contributed by atoms with Crippen LogP contribution in [0, 0.1) is 23.1 Å². The van der Waals surface area contributed by atoms with Crippen LogP contribution in [-0.2, 0) is 37.7 Å². The zero-order valence-electron chi connectivity index (χ0n) is 21.8. The van der Waals surface area contributed by atoms with Crippen LogP contribution in [0.4, 0.5) is 5.69 Å². The van der Waals surface area contributed by atoms with Crippen molar-refractivity contribution >= 4 is 53.8 Å². The van der Waals surface area contributed by atoms with Crippen LogP contribution in [0.3, 0.4) is 0 Å². The molecule has 1 radical (unpaired) electrons. The van der Waals surface area contributed by atoms with Gasteiger partial charge in [0, 0.05) is 57.5 Å². The van der Waals surface area contributed by atoms with Gasteiger partial charge >= 0.3 is 0 Å². The topological polar surface area (TPSA) is 93.3 Å². The molecule has 0 spiro atoms. The van der Waals surface area contributed by atoms with Crippen LogP contribution in [0.2, 0.25) is 0 Å². The Morgan fingerprint density at radius 2 is 1.72 bits per heavy atom. The fourth-order valence-electron chi connectivity index (χ4n) is 5.12. The van der Waals surface area contributed by atoms with Gasteiger partial charge in [0.15, 0.2) is 11.5 Å². The number of ketones is 1. The van der Waals surface area contributed by atoms with Crippen LogP contribution in [0.5, 0.6) is 0 Å². The van der Waals surface area contributed by atoms with Gasteiger partial charge in [0.25, 0.3) is 0 Å². The SMILES string of the molecule is CC(=O)/C=C(/C)O.Cc1cc([N+](=O)[O-])c[c-]c1-c1nccc2cc3sc4cc5c(cc4c3cc12)CCCC5.[Ir]. The van der Waals surface area contributed by atoms with E-state index in [4.69, 9.17) is 5.11 Å². The van der Waals surface area contributed by atoms with Gasteiger partial charge in [-0.15, -0.1) is 28.5 Å². The second-order valence-corrected chi connectivity index (χ2v) is 10.8. The number of rotatable bonds is 3. The van der Waals surface area contributed by atoms with Crippen molar-refractivity contribution in [1.82, 2.24) is 4.98 Å². The van der Waals surface area contributed by atoms with Gasteiger partial charge in [0.05, 0.1) is 5.76 Å². The van der Waals surface area contributed by atoms with Crippen molar-refractivity contribution < 1.29 is 34.9 Å². The van der Waals surface area contributed by atoms with E-state index in [0.29, 0.717) is 0 Å². The molecule has 0 saturated carbocycles. The number of aliphatic hydroxyl groups excluding tert-OH is 1. The number of non-ortho nitro benzene ring substituents is 1. The molecular weight excluding hydrogens is 689 g/mol. The summed E-state index contributed by atoms with van der Waals surface area (Å²) in [6.45, 7) is 4.73. The fourth-order valence-corrected chi connectivity index (χ4v) is 6.30. The summed E-state index contributed by atoms with van der Waals surface area (Å²) >= 11 is 1.86. The first-order chi connectivity index (χ1) is 18.2. The number of benzene rings is 3. The predicted molar refractivity (Wildman–Crippen MR) is 154 cm³/mol. The Bertz CT molecular complexity index is 1770. The first-order valence-corrected chi connectivity index (χ1v) is 13.3. The summed E-state index contributed by atoms with van der Waals surface area (Å²) in [5.41, 5.74) is 5.49. The van der Waals surface area contributed by atoms with Gasteiger partial charge in [0.2, 0.25) is 0 Å². The van der Waals surface area contributed by atoms with Crippen LogP contribution in [0.15, 0.2) is 60.5 Å². The third-order valence-electron chi connectivity index (χ3n) is 6.80. The molecule has 6 rings (SSSR count). The Balaban J connectivity index is 0.000000394. The maximum atomic E-state index is 11.1. The maximum Gasteiger partial charge on any atom is 0.190 e. The summed E-state index contributed by atoms with van der Waals surface area (Å²) in [4.78, 5) is 25.4. The number of carbonyl (C=O) groups excluding carboxylic acids is 1. The van der Waals surface area contributed by atoms with Crippen molar-refractivity contribution in [2.75, 3.05) is 0 Å². The molecule has 0 bridgehead atoms. The minimum absolute atomic E-state index is 0. The molecule has 0 atom stereocenters. The number of nitrogens with zero attached hydrogens (tertiary/aromatic N) is 2. The molecule has 0 aliphatic heterocycles. The fraction of sp³-hybridized carbons (Fsp3) is 0.226. The summed E-state index contributed by atoms with van der Waals surface area (Å²) < 4.78 is 2.63. The minimum atomic E-state index is -0.383. The summed E-state index contributed by atoms with van der Waals surface area (Å²) in [5, 5.41) is 24.3. The van der Waals surface area contributed by atoms with Gasteiger partial charge in [-0.05, 0) is 91.4 Å². The number of hydrogen-bond donors (Lipinski definition) is 1. The Hall–Kier alpha value is -3.45. The van der Waals surface area contributed by atoms with Gasteiger partial charge in [-0.1, -0.05) is 25.1 Å². The monoisotopic (exact) mass is 716 g/mol. The number of pyridine rings is 1. The van der Waals surface area contributed by atoms with E-state index in [9.17, 15) is 14.9 Å². The Morgan fingerprint density at radius 3 is 2.33 bits per heavy atom.